The van der Waals surface area contributed by atoms with Gasteiger partial charge in [-0.25, -0.2) is 0 Å². The summed E-state index contributed by atoms with van der Waals surface area (Å²) in [7, 11) is 0. The molecule has 4 nitrogen and oxygen atoms in total. The maximum Gasteiger partial charge on any atom is 0.119 e. The Morgan fingerprint density at radius 1 is 0.594 bits per heavy atom. The van der Waals surface area contributed by atoms with Gasteiger partial charge in [0.15, 0.2) is 0 Å². The van der Waals surface area contributed by atoms with Crippen LogP contribution in [-0.4, -0.2) is 13.2 Å². The summed E-state index contributed by atoms with van der Waals surface area (Å²) >= 11 is 0. The molecule has 4 heteroatoms. The van der Waals surface area contributed by atoms with Gasteiger partial charge in [0.05, 0.1) is 24.3 Å². The van der Waals surface area contributed by atoms with Crippen molar-refractivity contribution in [2.75, 3.05) is 13.2 Å². The summed E-state index contributed by atoms with van der Waals surface area (Å²) in [4.78, 5) is 0. The molecule has 0 aliphatic heterocycles. The van der Waals surface area contributed by atoms with Gasteiger partial charge in [0.25, 0.3) is 0 Å². The third-order valence-corrected chi connectivity index (χ3v) is 5.25. The number of hydrogen-bond acceptors (Lipinski definition) is 4. The summed E-state index contributed by atoms with van der Waals surface area (Å²) in [6, 6.07) is 23.6. The first kappa shape index (κ1) is 22.9. The number of hydrogen-bond donors (Lipinski definition) is 0. The van der Waals surface area contributed by atoms with E-state index in [0.717, 1.165) is 59.4 Å². The molecule has 0 saturated carbocycles. The monoisotopic (exact) mass is 424 g/mol. The molecule has 0 aliphatic rings. The second-order valence-electron chi connectivity index (χ2n) is 7.59. The number of rotatable bonds is 10. The van der Waals surface area contributed by atoms with E-state index in [1.165, 1.54) is 0 Å². The zero-order valence-electron chi connectivity index (χ0n) is 18.7. The van der Waals surface area contributed by atoms with Gasteiger partial charge in [-0.3, -0.25) is 0 Å². The van der Waals surface area contributed by atoms with Gasteiger partial charge < -0.3 is 9.47 Å². The van der Waals surface area contributed by atoms with Crippen LogP contribution in [0.3, 0.4) is 0 Å². The van der Waals surface area contributed by atoms with Crippen molar-refractivity contribution < 1.29 is 9.47 Å². The lowest BCUT2D eigenvalue weighted by Gasteiger charge is -2.12. The van der Waals surface area contributed by atoms with Crippen LogP contribution in [0, 0.1) is 22.7 Å². The van der Waals surface area contributed by atoms with E-state index in [-0.39, 0.29) is 0 Å². The summed E-state index contributed by atoms with van der Waals surface area (Å²) < 4.78 is 11.4. The molecule has 0 radical (unpaired) electrons. The van der Waals surface area contributed by atoms with Gasteiger partial charge in [0, 0.05) is 11.1 Å². The first-order valence-corrected chi connectivity index (χ1v) is 11.2. The van der Waals surface area contributed by atoms with Crippen LogP contribution in [0.25, 0.3) is 22.3 Å². The predicted molar refractivity (Wildman–Crippen MR) is 128 cm³/mol. The van der Waals surface area contributed by atoms with Crippen LogP contribution in [0.4, 0.5) is 0 Å². The number of unbranched alkanes of at least 4 members (excludes halogenated alkanes) is 2. The molecule has 0 heterocycles. The molecule has 162 valence electrons. The minimum atomic E-state index is 0.382. The second kappa shape index (κ2) is 11.6. The van der Waals surface area contributed by atoms with Crippen LogP contribution in [0.5, 0.6) is 11.5 Å². The minimum absolute atomic E-state index is 0.382. The van der Waals surface area contributed by atoms with Crippen molar-refractivity contribution in [1.82, 2.24) is 0 Å². The van der Waals surface area contributed by atoms with Crippen molar-refractivity contribution in [3.05, 3.63) is 71.8 Å². The molecule has 3 aromatic rings. The maximum atomic E-state index is 9.88. The standard InChI is InChI=1S/C28H28N2O2/c1-3-5-6-18-32-24-13-9-22(10-14-24)26-16-15-25(27(19-29)28(26)20-30)21-7-11-23(12-8-21)31-17-4-2/h7-16H,3-6,17-18H2,1-2H3. The van der Waals surface area contributed by atoms with E-state index in [0.29, 0.717) is 24.3 Å². The maximum absolute atomic E-state index is 9.88. The van der Waals surface area contributed by atoms with E-state index in [9.17, 15) is 10.5 Å². The number of benzene rings is 3. The van der Waals surface area contributed by atoms with Gasteiger partial charge >= 0.3 is 0 Å². The average molecular weight is 425 g/mol. The van der Waals surface area contributed by atoms with Crippen molar-refractivity contribution in [2.45, 2.75) is 39.5 Å². The quantitative estimate of drug-likeness (QED) is 0.325. The molecule has 0 N–H and O–H groups in total. The van der Waals surface area contributed by atoms with Gasteiger partial charge in [0.2, 0.25) is 0 Å². The van der Waals surface area contributed by atoms with E-state index in [1.54, 1.807) is 0 Å². The second-order valence-corrected chi connectivity index (χ2v) is 7.59. The highest BCUT2D eigenvalue weighted by molar-refractivity contribution is 5.82. The lowest BCUT2D eigenvalue weighted by molar-refractivity contribution is 0.306. The SMILES string of the molecule is CCCCCOc1ccc(-c2ccc(-c3ccc(OCCC)cc3)c(C#N)c2C#N)cc1. The van der Waals surface area contributed by atoms with Crippen LogP contribution in [-0.2, 0) is 0 Å². The average Bonchev–Trinajstić information content (AvgIpc) is 2.85. The van der Waals surface area contributed by atoms with Gasteiger partial charge in [0.1, 0.15) is 23.6 Å². The fourth-order valence-corrected chi connectivity index (χ4v) is 3.54. The molecule has 0 unspecified atom stereocenters. The Morgan fingerprint density at radius 2 is 1.06 bits per heavy atom. The molecule has 0 spiro atoms. The van der Waals surface area contributed by atoms with Crippen LogP contribution in [0.15, 0.2) is 60.7 Å². The summed E-state index contributed by atoms with van der Waals surface area (Å²) in [6.07, 6.45) is 4.30. The molecule has 0 aromatic heterocycles. The Morgan fingerprint density at radius 3 is 1.47 bits per heavy atom. The topological polar surface area (TPSA) is 66.0 Å². The molecular weight excluding hydrogens is 396 g/mol. The summed E-state index contributed by atoms with van der Waals surface area (Å²) in [5.74, 6) is 1.61. The highest BCUT2D eigenvalue weighted by Gasteiger charge is 2.16. The van der Waals surface area contributed by atoms with E-state index in [4.69, 9.17) is 9.47 Å². The van der Waals surface area contributed by atoms with Crippen LogP contribution in [0.1, 0.15) is 50.7 Å². The lowest BCUT2D eigenvalue weighted by atomic mass is 9.90. The van der Waals surface area contributed by atoms with E-state index < -0.39 is 0 Å². The van der Waals surface area contributed by atoms with Gasteiger partial charge in [-0.1, -0.05) is 63.1 Å². The van der Waals surface area contributed by atoms with Crippen molar-refractivity contribution in [1.29, 1.82) is 10.5 Å². The zero-order valence-corrected chi connectivity index (χ0v) is 18.7. The third-order valence-electron chi connectivity index (χ3n) is 5.25. The predicted octanol–water partition coefficient (Wildman–Crippen LogP) is 7.12. The van der Waals surface area contributed by atoms with Crippen molar-refractivity contribution in [3.63, 3.8) is 0 Å². The van der Waals surface area contributed by atoms with Gasteiger partial charge in [-0.05, 0) is 48.2 Å². The molecule has 0 fully saturated rings. The molecule has 32 heavy (non-hydrogen) atoms. The first-order chi connectivity index (χ1) is 15.7. The number of ether oxygens (including phenoxy) is 2. The molecule has 3 rings (SSSR count). The molecule has 0 atom stereocenters. The number of nitriles is 2. The summed E-state index contributed by atoms with van der Waals surface area (Å²) in [5.41, 5.74) is 4.01. The minimum Gasteiger partial charge on any atom is -0.494 e. The van der Waals surface area contributed by atoms with Crippen LogP contribution >= 0.6 is 0 Å². The normalized spacial score (nSPS) is 10.2. The van der Waals surface area contributed by atoms with Crippen LogP contribution in [0.2, 0.25) is 0 Å². The Hall–Kier alpha value is -3.76. The summed E-state index contributed by atoms with van der Waals surface area (Å²) in [6.45, 7) is 5.59. The molecule has 0 bridgehead atoms. The highest BCUT2D eigenvalue weighted by atomic mass is 16.5. The molecule has 0 saturated heterocycles. The smallest absolute Gasteiger partial charge is 0.119 e. The Kier molecular flexibility index (Phi) is 8.29. The van der Waals surface area contributed by atoms with Crippen molar-refractivity contribution in [3.8, 4) is 45.9 Å². The Labute approximate surface area is 190 Å². The van der Waals surface area contributed by atoms with Gasteiger partial charge in [-0.2, -0.15) is 10.5 Å². The van der Waals surface area contributed by atoms with Crippen molar-refractivity contribution >= 4 is 0 Å². The van der Waals surface area contributed by atoms with Crippen molar-refractivity contribution in [2.24, 2.45) is 0 Å². The molecular formula is C28H28N2O2. The molecule has 3 aromatic carbocycles. The van der Waals surface area contributed by atoms with Crippen LogP contribution < -0.4 is 9.47 Å². The molecule has 0 aliphatic carbocycles. The van der Waals surface area contributed by atoms with E-state index in [1.807, 2.05) is 60.7 Å². The largest absolute Gasteiger partial charge is 0.494 e. The Balaban J connectivity index is 1.88. The summed E-state index contributed by atoms with van der Waals surface area (Å²) in [5, 5.41) is 19.8. The fraction of sp³-hybridized carbons (Fsp3) is 0.286. The van der Waals surface area contributed by atoms with Gasteiger partial charge in [-0.15, -0.1) is 0 Å². The number of nitrogens with zero attached hydrogens (tertiary/aromatic N) is 2. The van der Waals surface area contributed by atoms with E-state index in [2.05, 4.69) is 26.0 Å². The third kappa shape index (κ3) is 5.48. The Bertz CT molecular complexity index is 1100. The lowest BCUT2D eigenvalue weighted by Crippen LogP contribution is -1.97. The van der Waals surface area contributed by atoms with E-state index >= 15 is 0 Å². The first-order valence-electron chi connectivity index (χ1n) is 11.2. The zero-order chi connectivity index (χ0) is 22.8. The highest BCUT2D eigenvalue weighted by Crippen LogP contribution is 2.34. The molecule has 0 amide bonds. The fourth-order valence-electron chi connectivity index (χ4n) is 3.54.